The maximum atomic E-state index is 4.73. The molecule has 2 atom stereocenters. The SMILES string of the molecule is CNc1nc(C)nc(N2CCC3CCCCC32)c1C. The van der Waals surface area contributed by atoms with Gasteiger partial charge in [-0.2, -0.15) is 0 Å². The molecule has 1 aromatic rings. The van der Waals surface area contributed by atoms with Crippen molar-refractivity contribution in [1.82, 2.24) is 9.97 Å². The molecule has 1 saturated carbocycles. The highest BCUT2D eigenvalue weighted by Crippen LogP contribution is 2.39. The molecule has 0 aromatic carbocycles. The molecular weight excluding hydrogens is 236 g/mol. The Morgan fingerprint density at radius 3 is 2.68 bits per heavy atom. The highest BCUT2D eigenvalue weighted by Gasteiger charge is 2.37. The monoisotopic (exact) mass is 260 g/mol. The number of nitrogens with one attached hydrogen (secondary N) is 1. The molecule has 1 N–H and O–H groups in total. The van der Waals surface area contributed by atoms with Gasteiger partial charge in [-0.05, 0) is 39.0 Å². The number of hydrogen-bond acceptors (Lipinski definition) is 4. The van der Waals surface area contributed by atoms with E-state index in [0.717, 1.165) is 29.9 Å². The summed E-state index contributed by atoms with van der Waals surface area (Å²) in [4.78, 5) is 11.8. The molecule has 2 fully saturated rings. The van der Waals surface area contributed by atoms with E-state index < -0.39 is 0 Å². The molecule has 0 spiro atoms. The molecule has 1 aromatic heterocycles. The second kappa shape index (κ2) is 4.99. The van der Waals surface area contributed by atoms with Crippen LogP contribution in [0.4, 0.5) is 11.6 Å². The Hall–Kier alpha value is -1.32. The topological polar surface area (TPSA) is 41.1 Å². The van der Waals surface area contributed by atoms with Crippen molar-refractivity contribution in [3.8, 4) is 0 Å². The molecule has 0 radical (unpaired) electrons. The highest BCUT2D eigenvalue weighted by atomic mass is 15.3. The first kappa shape index (κ1) is 12.7. The average Bonchev–Trinajstić information content (AvgIpc) is 2.85. The van der Waals surface area contributed by atoms with Gasteiger partial charge in [0.1, 0.15) is 17.5 Å². The zero-order chi connectivity index (χ0) is 13.4. The summed E-state index contributed by atoms with van der Waals surface area (Å²) < 4.78 is 0. The van der Waals surface area contributed by atoms with Crippen molar-refractivity contribution in [3.05, 3.63) is 11.4 Å². The van der Waals surface area contributed by atoms with E-state index in [-0.39, 0.29) is 0 Å². The summed E-state index contributed by atoms with van der Waals surface area (Å²) in [6, 6.07) is 0.714. The van der Waals surface area contributed by atoms with Crippen molar-refractivity contribution in [2.45, 2.75) is 52.0 Å². The van der Waals surface area contributed by atoms with Gasteiger partial charge in [0.25, 0.3) is 0 Å². The lowest BCUT2D eigenvalue weighted by molar-refractivity contribution is 0.341. The van der Waals surface area contributed by atoms with E-state index >= 15 is 0 Å². The van der Waals surface area contributed by atoms with Crippen molar-refractivity contribution in [3.63, 3.8) is 0 Å². The lowest BCUT2D eigenvalue weighted by Gasteiger charge is -2.33. The molecule has 2 unspecified atom stereocenters. The minimum atomic E-state index is 0.714. The predicted molar refractivity (Wildman–Crippen MR) is 78.8 cm³/mol. The van der Waals surface area contributed by atoms with Crippen molar-refractivity contribution in [1.29, 1.82) is 0 Å². The number of aryl methyl sites for hydroxylation is 1. The zero-order valence-corrected chi connectivity index (χ0v) is 12.2. The van der Waals surface area contributed by atoms with Gasteiger partial charge in [0.15, 0.2) is 0 Å². The molecule has 2 heterocycles. The molecule has 1 aliphatic carbocycles. The number of aromatic nitrogens is 2. The summed E-state index contributed by atoms with van der Waals surface area (Å²) in [5, 5.41) is 3.19. The van der Waals surface area contributed by atoms with Crippen LogP contribution >= 0.6 is 0 Å². The van der Waals surface area contributed by atoms with E-state index in [9.17, 15) is 0 Å². The third-order valence-electron chi connectivity index (χ3n) is 4.75. The Kier molecular flexibility index (Phi) is 3.33. The smallest absolute Gasteiger partial charge is 0.137 e. The van der Waals surface area contributed by atoms with Crippen LogP contribution in [0.15, 0.2) is 0 Å². The third kappa shape index (κ3) is 2.17. The van der Waals surface area contributed by atoms with Crippen LogP contribution in [-0.4, -0.2) is 29.6 Å². The Balaban J connectivity index is 1.95. The molecule has 1 aliphatic heterocycles. The molecule has 2 aliphatic rings. The zero-order valence-electron chi connectivity index (χ0n) is 12.2. The maximum Gasteiger partial charge on any atom is 0.137 e. The van der Waals surface area contributed by atoms with E-state index in [1.54, 1.807) is 0 Å². The summed E-state index contributed by atoms with van der Waals surface area (Å²) in [5.74, 6) is 3.89. The van der Waals surface area contributed by atoms with Crippen molar-refractivity contribution < 1.29 is 0 Å². The fraction of sp³-hybridized carbons (Fsp3) is 0.733. The van der Waals surface area contributed by atoms with E-state index in [1.807, 2.05) is 14.0 Å². The quantitative estimate of drug-likeness (QED) is 0.887. The Morgan fingerprint density at radius 2 is 1.89 bits per heavy atom. The van der Waals surface area contributed by atoms with Crippen LogP contribution in [0.1, 0.15) is 43.5 Å². The van der Waals surface area contributed by atoms with E-state index in [1.165, 1.54) is 37.7 Å². The minimum Gasteiger partial charge on any atom is -0.373 e. The van der Waals surface area contributed by atoms with Crippen LogP contribution in [0, 0.1) is 19.8 Å². The van der Waals surface area contributed by atoms with Gasteiger partial charge in [-0.25, -0.2) is 9.97 Å². The maximum absolute atomic E-state index is 4.73. The first-order valence-electron chi connectivity index (χ1n) is 7.50. The fourth-order valence-electron chi connectivity index (χ4n) is 3.81. The molecule has 1 saturated heterocycles. The van der Waals surface area contributed by atoms with Gasteiger partial charge in [0.05, 0.1) is 0 Å². The lowest BCUT2D eigenvalue weighted by Crippen LogP contribution is -2.36. The minimum absolute atomic E-state index is 0.714. The summed E-state index contributed by atoms with van der Waals surface area (Å²) in [5.41, 5.74) is 1.19. The first-order valence-corrected chi connectivity index (χ1v) is 7.50. The first-order chi connectivity index (χ1) is 9.20. The van der Waals surface area contributed by atoms with Gasteiger partial charge >= 0.3 is 0 Å². The average molecular weight is 260 g/mol. The van der Waals surface area contributed by atoms with Crippen LogP contribution < -0.4 is 10.2 Å². The van der Waals surface area contributed by atoms with Crippen LogP contribution in [0.25, 0.3) is 0 Å². The standard InChI is InChI=1S/C15H24N4/c1-10-14(16-3)17-11(2)18-15(10)19-9-8-12-6-4-5-7-13(12)19/h12-13H,4-9H2,1-3H3,(H,16,17,18). The molecule has 0 bridgehead atoms. The summed E-state index contributed by atoms with van der Waals surface area (Å²) >= 11 is 0. The predicted octanol–water partition coefficient (Wildman–Crippen LogP) is 2.90. The molecule has 4 nitrogen and oxygen atoms in total. The van der Waals surface area contributed by atoms with Crippen LogP contribution in [0.3, 0.4) is 0 Å². The number of nitrogens with zero attached hydrogens (tertiary/aromatic N) is 3. The normalized spacial score (nSPS) is 26.4. The second-order valence-corrected chi connectivity index (χ2v) is 5.91. The fourth-order valence-corrected chi connectivity index (χ4v) is 3.81. The van der Waals surface area contributed by atoms with Gasteiger partial charge in [-0.15, -0.1) is 0 Å². The summed E-state index contributed by atoms with van der Waals surface area (Å²) in [6.07, 6.45) is 6.87. The van der Waals surface area contributed by atoms with Gasteiger partial charge in [0, 0.05) is 25.2 Å². The summed E-state index contributed by atoms with van der Waals surface area (Å²) in [7, 11) is 1.94. The van der Waals surface area contributed by atoms with Gasteiger partial charge in [-0.1, -0.05) is 12.8 Å². The van der Waals surface area contributed by atoms with Crippen LogP contribution in [-0.2, 0) is 0 Å². The Bertz CT molecular complexity index is 471. The van der Waals surface area contributed by atoms with E-state index in [2.05, 4.69) is 22.1 Å². The van der Waals surface area contributed by atoms with Gasteiger partial charge in [0.2, 0.25) is 0 Å². The van der Waals surface area contributed by atoms with Crippen molar-refractivity contribution in [2.75, 3.05) is 23.8 Å². The van der Waals surface area contributed by atoms with Crippen molar-refractivity contribution >= 4 is 11.6 Å². The highest BCUT2D eigenvalue weighted by molar-refractivity contribution is 5.59. The number of fused-ring (bicyclic) bond motifs is 1. The Labute approximate surface area is 115 Å². The number of rotatable bonds is 2. The number of anilines is 2. The van der Waals surface area contributed by atoms with E-state index in [4.69, 9.17) is 4.98 Å². The lowest BCUT2D eigenvalue weighted by atomic mass is 9.85. The number of hydrogen-bond donors (Lipinski definition) is 1. The molecule has 0 amide bonds. The molecule has 19 heavy (non-hydrogen) atoms. The third-order valence-corrected chi connectivity index (χ3v) is 4.75. The largest absolute Gasteiger partial charge is 0.373 e. The summed E-state index contributed by atoms with van der Waals surface area (Å²) in [6.45, 7) is 5.28. The molecule has 104 valence electrons. The molecule has 3 rings (SSSR count). The van der Waals surface area contributed by atoms with Crippen LogP contribution in [0.5, 0.6) is 0 Å². The second-order valence-electron chi connectivity index (χ2n) is 5.91. The molecular formula is C15H24N4. The molecule has 4 heteroatoms. The Morgan fingerprint density at radius 1 is 1.11 bits per heavy atom. The van der Waals surface area contributed by atoms with Crippen LogP contribution in [0.2, 0.25) is 0 Å². The van der Waals surface area contributed by atoms with Gasteiger partial charge < -0.3 is 10.2 Å². The van der Waals surface area contributed by atoms with Crippen molar-refractivity contribution in [2.24, 2.45) is 5.92 Å². The van der Waals surface area contributed by atoms with E-state index in [0.29, 0.717) is 6.04 Å². The van der Waals surface area contributed by atoms with Gasteiger partial charge in [-0.3, -0.25) is 0 Å².